The Kier molecular flexibility index (Phi) is 4.23. The molecule has 1 amide bonds. The molecule has 5 heteroatoms. The molecule has 0 radical (unpaired) electrons. The van der Waals surface area contributed by atoms with Crippen molar-refractivity contribution in [1.29, 1.82) is 0 Å². The van der Waals surface area contributed by atoms with Crippen LogP contribution in [-0.4, -0.2) is 34.5 Å². The summed E-state index contributed by atoms with van der Waals surface area (Å²) in [5.41, 5.74) is 1.79. The van der Waals surface area contributed by atoms with Crippen molar-refractivity contribution in [2.75, 3.05) is 0 Å². The average molecular weight is 368 g/mol. The van der Waals surface area contributed by atoms with Gasteiger partial charge < -0.3 is 15.3 Å². The lowest BCUT2D eigenvalue weighted by molar-refractivity contribution is -0.151. The number of nitrogens with one attached hydrogen (secondary N) is 1. The first kappa shape index (κ1) is 17.2. The smallest absolute Gasteiger partial charge is 0.264 e. The van der Waals surface area contributed by atoms with Crippen LogP contribution >= 0.6 is 0 Å². The molecule has 5 aliphatic rings. The molecule has 3 atom stereocenters. The minimum atomic E-state index is -0.490. The summed E-state index contributed by atoms with van der Waals surface area (Å²) in [4.78, 5) is 18.2. The molecule has 1 aromatic carbocycles. The van der Waals surface area contributed by atoms with Crippen LogP contribution in [0, 0.1) is 17.8 Å². The van der Waals surface area contributed by atoms with E-state index in [0.29, 0.717) is 24.2 Å². The van der Waals surface area contributed by atoms with Crippen LogP contribution in [0.3, 0.4) is 0 Å². The second-order valence-corrected chi connectivity index (χ2v) is 9.17. The third kappa shape index (κ3) is 3.38. The monoisotopic (exact) mass is 368 g/mol. The van der Waals surface area contributed by atoms with Gasteiger partial charge in [-0.2, -0.15) is 0 Å². The Hall–Kier alpha value is -1.88. The summed E-state index contributed by atoms with van der Waals surface area (Å²) in [6, 6.07) is 10.5. The van der Waals surface area contributed by atoms with Gasteiger partial charge in [0, 0.05) is 12.5 Å². The van der Waals surface area contributed by atoms with E-state index in [1.54, 1.807) is 0 Å². The van der Waals surface area contributed by atoms with Gasteiger partial charge in [-0.05, 0) is 68.3 Å². The van der Waals surface area contributed by atoms with Crippen molar-refractivity contribution >= 4 is 11.6 Å². The van der Waals surface area contributed by atoms with E-state index in [9.17, 15) is 9.90 Å². The quantitative estimate of drug-likeness (QED) is 0.840. The van der Waals surface area contributed by atoms with Crippen molar-refractivity contribution in [1.82, 2.24) is 5.32 Å². The normalized spacial score (nSPS) is 39.1. The second-order valence-electron chi connectivity index (χ2n) is 9.17. The van der Waals surface area contributed by atoms with Crippen molar-refractivity contribution in [3.63, 3.8) is 0 Å². The zero-order valence-electron chi connectivity index (χ0n) is 15.6. The van der Waals surface area contributed by atoms with E-state index in [0.717, 1.165) is 50.7 Å². The van der Waals surface area contributed by atoms with E-state index < -0.39 is 11.7 Å². The molecule has 4 fully saturated rings. The van der Waals surface area contributed by atoms with E-state index in [-0.39, 0.29) is 11.9 Å². The maximum Gasteiger partial charge on any atom is 0.264 e. The molecular weight excluding hydrogens is 340 g/mol. The van der Waals surface area contributed by atoms with E-state index in [4.69, 9.17) is 4.84 Å². The zero-order valence-corrected chi connectivity index (χ0v) is 15.6. The summed E-state index contributed by atoms with van der Waals surface area (Å²) in [6.45, 7) is 0. The molecule has 0 saturated heterocycles. The Morgan fingerprint density at radius 1 is 1.15 bits per heavy atom. The highest BCUT2D eigenvalue weighted by molar-refractivity contribution is 5.93. The number of amides is 1. The highest BCUT2D eigenvalue weighted by atomic mass is 16.6. The fourth-order valence-electron chi connectivity index (χ4n) is 6.12. The molecule has 1 aliphatic heterocycles. The van der Waals surface area contributed by atoms with E-state index >= 15 is 0 Å². The van der Waals surface area contributed by atoms with Crippen LogP contribution in [0.2, 0.25) is 0 Å². The number of carbonyl (C=O) groups is 1. The molecular formula is C22H28N2O3. The Morgan fingerprint density at radius 3 is 2.59 bits per heavy atom. The van der Waals surface area contributed by atoms with Gasteiger partial charge in [0.2, 0.25) is 6.10 Å². The molecule has 1 aromatic rings. The highest BCUT2D eigenvalue weighted by Crippen LogP contribution is 2.55. The van der Waals surface area contributed by atoms with Crippen LogP contribution in [0.1, 0.15) is 50.5 Å². The topological polar surface area (TPSA) is 70.9 Å². The second kappa shape index (κ2) is 6.62. The van der Waals surface area contributed by atoms with Gasteiger partial charge in [0.05, 0.1) is 11.3 Å². The predicted octanol–water partition coefficient (Wildman–Crippen LogP) is 2.82. The minimum absolute atomic E-state index is 0.0297. The Labute approximate surface area is 160 Å². The zero-order chi connectivity index (χ0) is 18.4. The lowest BCUT2D eigenvalue weighted by Crippen LogP contribution is -2.62. The molecule has 4 bridgehead atoms. The number of aryl methyl sites for hydroxylation is 1. The number of hydrogen-bond donors (Lipinski definition) is 2. The number of rotatable bonds is 5. The summed E-state index contributed by atoms with van der Waals surface area (Å²) >= 11 is 0. The van der Waals surface area contributed by atoms with Crippen molar-refractivity contribution in [2.45, 2.75) is 69.1 Å². The molecule has 1 heterocycles. The molecule has 2 N–H and O–H groups in total. The summed E-state index contributed by atoms with van der Waals surface area (Å²) in [6.07, 6.45) is 6.79. The van der Waals surface area contributed by atoms with Crippen LogP contribution in [0.25, 0.3) is 0 Å². The fourth-order valence-corrected chi connectivity index (χ4v) is 6.12. The fraction of sp³-hybridized carbons (Fsp3) is 0.636. The molecule has 6 rings (SSSR count). The Morgan fingerprint density at radius 2 is 1.89 bits per heavy atom. The number of aliphatic hydroxyl groups is 1. The molecule has 144 valence electrons. The van der Waals surface area contributed by atoms with Gasteiger partial charge in [0.25, 0.3) is 5.91 Å². The standard InChI is InChI=1S/C22H28N2O3/c25-21(19-10-18(24-27-19)7-6-14-4-2-1-3-5-14)23-20-16-8-15-9-17(20)13-22(26,11-15)12-16/h1-5,15-17,19-20,26H,6-13H2,(H,23,25). The van der Waals surface area contributed by atoms with E-state index in [1.807, 2.05) is 18.2 Å². The average Bonchev–Trinajstić information content (AvgIpc) is 3.12. The predicted molar refractivity (Wildman–Crippen MR) is 102 cm³/mol. The molecule has 27 heavy (non-hydrogen) atoms. The number of nitrogens with zero attached hydrogens (tertiary/aromatic N) is 1. The largest absolute Gasteiger partial charge is 0.390 e. The molecule has 0 aromatic heterocycles. The maximum absolute atomic E-state index is 12.8. The third-order valence-electron chi connectivity index (χ3n) is 7.12. The van der Waals surface area contributed by atoms with Crippen molar-refractivity contribution < 1.29 is 14.7 Å². The van der Waals surface area contributed by atoms with Crippen molar-refractivity contribution in [3.05, 3.63) is 35.9 Å². The number of benzene rings is 1. The molecule has 4 aliphatic carbocycles. The molecule has 5 nitrogen and oxygen atoms in total. The molecule has 4 saturated carbocycles. The highest BCUT2D eigenvalue weighted by Gasteiger charge is 2.55. The Balaban J connectivity index is 1.14. The Bertz CT molecular complexity index is 731. The lowest BCUT2D eigenvalue weighted by atomic mass is 9.52. The summed E-state index contributed by atoms with van der Waals surface area (Å²) < 4.78 is 0. The molecule has 0 spiro atoms. The van der Waals surface area contributed by atoms with Crippen LogP contribution in [0.4, 0.5) is 0 Å². The third-order valence-corrected chi connectivity index (χ3v) is 7.12. The number of carbonyl (C=O) groups excluding carboxylic acids is 1. The van der Waals surface area contributed by atoms with Crippen LogP contribution < -0.4 is 5.32 Å². The first-order chi connectivity index (χ1) is 13.1. The van der Waals surface area contributed by atoms with Gasteiger partial charge in [-0.25, -0.2) is 0 Å². The first-order valence-electron chi connectivity index (χ1n) is 10.4. The number of hydrogen-bond acceptors (Lipinski definition) is 4. The lowest BCUT2D eigenvalue weighted by Gasteiger charge is -2.58. The first-order valence-corrected chi connectivity index (χ1v) is 10.4. The summed E-state index contributed by atoms with van der Waals surface area (Å²) in [5.74, 6) is 1.46. The SMILES string of the molecule is O=C(NC1C2CC3CC1CC(O)(C3)C2)C1CC(CCc2ccccc2)=NO1. The van der Waals surface area contributed by atoms with Gasteiger partial charge in [-0.15, -0.1) is 0 Å². The van der Waals surface area contributed by atoms with Gasteiger partial charge in [0.15, 0.2) is 0 Å². The van der Waals surface area contributed by atoms with Gasteiger partial charge in [-0.1, -0.05) is 35.5 Å². The van der Waals surface area contributed by atoms with Crippen LogP contribution in [-0.2, 0) is 16.1 Å². The van der Waals surface area contributed by atoms with Crippen molar-refractivity contribution in [3.8, 4) is 0 Å². The van der Waals surface area contributed by atoms with Gasteiger partial charge in [0.1, 0.15) is 0 Å². The van der Waals surface area contributed by atoms with Crippen molar-refractivity contribution in [2.24, 2.45) is 22.9 Å². The maximum atomic E-state index is 12.8. The van der Waals surface area contributed by atoms with Gasteiger partial charge >= 0.3 is 0 Å². The van der Waals surface area contributed by atoms with Crippen LogP contribution in [0.15, 0.2) is 35.5 Å². The van der Waals surface area contributed by atoms with E-state index in [2.05, 4.69) is 22.6 Å². The summed E-state index contributed by atoms with van der Waals surface area (Å²) in [7, 11) is 0. The summed E-state index contributed by atoms with van der Waals surface area (Å²) in [5, 5.41) is 18.1. The number of oxime groups is 1. The molecule has 3 unspecified atom stereocenters. The van der Waals surface area contributed by atoms with E-state index in [1.165, 1.54) is 5.56 Å². The van der Waals surface area contributed by atoms with Gasteiger partial charge in [-0.3, -0.25) is 4.79 Å². The van der Waals surface area contributed by atoms with Crippen LogP contribution in [0.5, 0.6) is 0 Å². The minimum Gasteiger partial charge on any atom is -0.390 e.